The summed E-state index contributed by atoms with van der Waals surface area (Å²) in [5.74, 6) is 2.28. The minimum Gasteiger partial charge on any atom is -0.331 e. The van der Waals surface area contributed by atoms with Crippen LogP contribution in [0.1, 0.15) is 44.9 Å². The Hall–Kier alpha value is -1.43. The van der Waals surface area contributed by atoms with Crippen LogP contribution < -0.4 is 5.32 Å². The van der Waals surface area contributed by atoms with Crippen LogP contribution in [-0.4, -0.2) is 34.3 Å². The predicted molar refractivity (Wildman–Crippen MR) is 89.0 cm³/mol. The fraction of sp³-hybridized carbons (Fsp3) is 0.706. The Balaban J connectivity index is 1.37. The Morgan fingerprint density at radius 2 is 2.22 bits per heavy atom. The second-order valence-electron chi connectivity index (χ2n) is 7.21. The van der Waals surface area contributed by atoms with Crippen molar-refractivity contribution in [2.45, 2.75) is 51.0 Å². The van der Waals surface area contributed by atoms with Gasteiger partial charge in [-0.25, -0.2) is 4.98 Å². The van der Waals surface area contributed by atoms with Crippen LogP contribution in [0.25, 0.3) is 0 Å². The first-order valence-electron chi connectivity index (χ1n) is 8.70. The third kappa shape index (κ3) is 3.01. The lowest BCUT2D eigenvalue weighted by Crippen LogP contribution is -2.43. The molecule has 4 rings (SSSR count). The normalized spacial score (nSPS) is 32.4. The van der Waals surface area contributed by atoms with Crippen LogP contribution in [0.2, 0.25) is 0 Å². The van der Waals surface area contributed by atoms with Gasteiger partial charge in [0.1, 0.15) is 6.04 Å². The Kier molecular flexibility index (Phi) is 4.09. The van der Waals surface area contributed by atoms with Gasteiger partial charge in [0, 0.05) is 24.5 Å². The van der Waals surface area contributed by atoms with E-state index in [0.29, 0.717) is 17.5 Å². The average Bonchev–Trinajstić information content (AvgIpc) is 3.31. The number of nitrogens with one attached hydrogen (secondary N) is 1. The molecule has 0 aromatic carbocycles. The second-order valence-corrected chi connectivity index (χ2v) is 8.11. The molecule has 23 heavy (non-hydrogen) atoms. The summed E-state index contributed by atoms with van der Waals surface area (Å²) < 4.78 is 0. The molecule has 3 aliphatic rings. The lowest BCUT2D eigenvalue weighted by atomic mass is 9.86. The van der Waals surface area contributed by atoms with Crippen LogP contribution in [0.4, 0.5) is 5.13 Å². The molecule has 1 aromatic heterocycles. The predicted octanol–water partition coefficient (Wildman–Crippen LogP) is 2.90. The molecule has 1 aromatic rings. The highest BCUT2D eigenvalue weighted by molar-refractivity contribution is 7.13. The number of nitrogens with zero attached hydrogens (tertiary/aromatic N) is 2. The van der Waals surface area contributed by atoms with Crippen molar-refractivity contribution in [3.8, 4) is 0 Å². The maximum Gasteiger partial charge on any atom is 0.248 e. The van der Waals surface area contributed by atoms with E-state index in [-0.39, 0.29) is 17.9 Å². The Morgan fingerprint density at radius 1 is 1.30 bits per heavy atom. The number of hydrogen-bond acceptors (Lipinski definition) is 4. The van der Waals surface area contributed by atoms with Crippen molar-refractivity contribution in [3.05, 3.63) is 11.6 Å². The average molecular weight is 333 g/mol. The van der Waals surface area contributed by atoms with Gasteiger partial charge < -0.3 is 10.2 Å². The molecular weight excluding hydrogens is 310 g/mol. The number of hydrogen-bond donors (Lipinski definition) is 1. The first-order chi connectivity index (χ1) is 11.2. The van der Waals surface area contributed by atoms with Gasteiger partial charge in [-0.15, -0.1) is 11.3 Å². The molecule has 1 aliphatic heterocycles. The molecule has 2 amide bonds. The van der Waals surface area contributed by atoms with Gasteiger partial charge in [-0.3, -0.25) is 9.59 Å². The zero-order chi connectivity index (χ0) is 15.8. The van der Waals surface area contributed by atoms with Crippen molar-refractivity contribution >= 4 is 28.3 Å². The Labute approximate surface area is 140 Å². The van der Waals surface area contributed by atoms with Crippen molar-refractivity contribution < 1.29 is 9.59 Å². The van der Waals surface area contributed by atoms with Gasteiger partial charge in [0.25, 0.3) is 0 Å². The Morgan fingerprint density at radius 3 is 2.91 bits per heavy atom. The van der Waals surface area contributed by atoms with Crippen LogP contribution >= 0.6 is 11.3 Å². The van der Waals surface area contributed by atoms with Gasteiger partial charge in [-0.05, 0) is 49.9 Å². The van der Waals surface area contributed by atoms with E-state index in [9.17, 15) is 9.59 Å². The summed E-state index contributed by atoms with van der Waals surface area (Å²) in [6.45, 7) is 0.718. The van der Waals surface area contributed by atoms with Crippen molar-refractivity contribution in [2.24, 2.45) is 17.8 Å². The quantitative estimate of drug-likeness (QED) is 0.921. The molecule has 0 radical (unpaired) electrons. The van der Waals surface area contributed by atoms with Crippen LogP contribution in [0.5, 0.6) is 0 Å². The lowest BCUT2D eigenvalue weighted by Gasteiger charge is -2.27. The molecule has 1 saturated heterocycles. The fourth-order valence-electron chi connectivity index (χ4n) is 4.78. The highest BCUT2D eigenvalue weighted by Crippen LogP contribution is 2.49. The molecule has 4 unspecified atom stereocenters. The molecule has 3 fully saturated rings. The minimum absolute atomic E-state index is 0.0845. The summed E-state index contributed by atoms with van der Waals surface area (Å²) in [6, 6.07) is -0.315. The molecule has 5 nitrogen and oxygen atoms in total. The maximum atomic E-state index is 12.7. The van der Waals surface area contributed by atoms with Gasteiger partial charge >= 0.3 is 0 Å². The number of amides is 2. The second kappa shape index (κ2) is 6.23. The molecule has 0 spiro atoms. The molecule has 124 valence electrons. The van der Waals surface area contributed by atoms with Gasteiger partial charge in [-0.1, -0.05) is 6.42 Å². The molecule has 1 N–H and O–H groups in total. The summed E-state index contributed by atoms with van der Waals surface area (Å²) in [5.41, 5.74) is 0. The van der Waals surface area contributed by atoms with E-state index in [2.05, 4.69) is 10.3 Å². The zero-order valence-corrected chi connectivity index (χ0v) is 14.1. The zero-order valence-electron chi connectivity index (χ0n) is 13.2. The minimum atomic E-state index is -0.315. The van der Waals surface area contributed by atoms with Crippen LogP contribution in [0.3, 0.4) is 0 Å². The highest BCUT2D eigenvalue weighted by Gasteiger charge is 2.42. The van der Waals surface area contributed by atoms with Crippen LogP contribution in [-0.2, 0) is 9.59 Å². The smallest absolute Gasteiger partial charge is 0.248 e. The SMILES string of the molecule is O=C(Nc1nccs1)C1CCCN1C(=O)CC1CC2CCC1C2. The van der Waals surface area contributed by atoms with Crippen molar-refractivity contribution in [1.29, 1.82) is 0 Å². The van der Waals surface area contributed by atoms with Crippen LogP contribution in [0, 0.1) is 17.8 Å². The van der Waals surface area contributed by atoms with E-state index in [1.165, 1.54) is 37.0 Å². The van der Waals surface area contributed by atoms with Crippen molar-refractivity contribution in [3.63, 3.8) is 0 Å². The lowest BCUT2D eigenvalue weighted by molar-refractivity contribution is -0.137. The van der Waals surface area contributed by atoms with E-state index in [1.807, 2.05) is 10.3 Å². The number of rotatable bonds is 4. The summed E-state index contributed by atoms with van der Waals surface area (Å²) in [5, 5.41) is 5.29. The van der Waals surface area contributed by atoms with Crippen LogP contribution in [0.15, 0.2) is 11.6 Å². The van der Waals surface area contributed by atoms with E-state index in [0.717, 1.165) is 31.2 Å². The number of thiazole rings is 1. The fourth-order valence-corrected chi connectivity index (χ4v) is 5.31. The largest absolute Gasteiger partial charge is 0.331 e. The molecule has 2 saturated carbocycles. The maximum absolute atomic E-state index is 12.7. The Bertz CT molecular complexity index is 589. The van der Waals surface area contributed by atoms with E-state index >= 15 is 0 Å². The van der Waals surface area contributed by atoms with Gasteiger partial charge in [-0.2, -0.15) is 0 Å². The van der Waals surface area contributed by atoms with Gasteiger partial charge in [0.05, 0.1) is 0 Å². The van der Waals surface area contributed by atoms with E-state index < -0.39 is 0 Å². The number of aromatic nitrogens is 1. The topological polar surface area (TPSA) is 62.3 Å². The van der Waals surface area contributed by atoms with Crippen molar-refractivity contribution in [2.75, 3.05) is 11.9 Å². The van der Waals surface area contributed by atoms with Crippen molar-refractivity contribution in [1.82, 2.24) is 9.88 Å². The molecule has 2 bridgehead atoms. The summed E-state index contributed by atoms with van der Waals surface area (Å²) in [4.78, 5) is 31.1. The first kappa shape index (κ1) is 15.1. The number of likely N-dealkylation sites (tertiary alicyclic amines) is 1. The highest BCUT2D eigenvalue weighted by atomic mass is 32.1. The standard InChI is InChI=1S/C17H23N3O2S/c21-15(10-13-9-11-3-4-12(13)8-11)20-6-1-2-14(20)16(22)19-17-18-5-7-23-17/h5,7,11-14H,1-4,6,8-10H2,(H,18,19,22). The first-order valence-corrected chi connectivity index (χ1v) is 9.58. The molecular formula is C17H23N3O2S. The van der Waals surface area contributed by atoms with E-state index in [4.69, 9.17) is 0 Å². The summed E-state index contributed by atoms with van der Waals surface area (Å²) in [6.07, 6.45) is 9.20. The van der Waals surface area contributed by atoms with Gasteiger partial charge in [0.2, 0.25) is 11.8 Å². The molecule has 2 aliphatic carbocycles. The van der Waals surface area contributed by atoms with Gasteiger partial charge in [0.15, 0.2) is 5.13 Å². The molecule has 6 heteroatoms. The van der Waals surface area contributed by atoms with E-state index in [1.54, 1.807) is 6.20 Å². The summed E-state index contributed by atoms with van der Waals surface area (Å²) >= 11 is 1.41. The summed E-state index contributed by atoms with van der Waals surface area (Å²) in [7, 11) is 0. The number of anilines is 1. The third-order valence-corrected chi connectivity index (χ3v) is 6.55. The third-order valence-electron chi connectivity index (χ3n) is 5.86. The molecule has 4 atom stereocenters. The number of carbonyl (C=O) groups excluding carboxylic acids is 2. The number of carbonyl (C=O) groups is 2. The molecule has 2 heterocycles. The number of fused-ring (bicyclic) bond motifs is 2. The monoisotopic (exact) mass is 333 g/mol.